The second-order valence-electron chi connectivity index (χ2n) is 5.26. The van der Waals surface area contributed by atoms with E-state index in [-0.39, 0.29) is 0 Å². The minimum Gasteiger partial charge on any atom is -0.342 e. The molecular formula is C13H24BrNO. The van der Waals surface area contributed by atoms with Gasteiger partial charge >= 0.3 is 0 Å². The Balaban J connectivity index is 2.32. The van der Waals surface area contributed by atoms with Crippen molar-refractivity contribution in [1.29, 1.82) is 0 Å². The molecule has 1 atom stereocenters. The summed E-state index contributed by atoms with van der Waals surface area (Å²) >= 11 is 3.49. The van der Waals surface area contributed by atoms with Gasteiger partial charge in [0.1, 0.15) is 0 Å². The van der Waals surface area contributed by atoms with Crippen LogP contribution in [0.4, 0.5) is 0 Å². The first-order valence-electron chi connectivity index (χ1n) is 6.47. The lowest BCUT2D eigenvalue weighted by Gasteiger charge is -2.32. The van der Waals surface area contributed by atoms with Gasteiger partial charge in [0.25, 0.3) is 0 Å². The predicted molar refractivity (Wildman–Crippen MR) is 71.8 cm³/mol. The molecule has 16 heavy (non-hydrogen) atoms. The third-order valence-electron chi connectivity index (χ3n) is 3.32. The molecule has 0 aromatic heterocycles. The summed E-state index contributed by atoms with van der Waals surface area (Å²) in [6.07, 6.45) is 5.44. The zero-order chi connectivity index (χ0) is 12.0. The average molecular weight is 290 g/mol. The van der Waals surface area contributed by atoms with Crippen LogP contribution in [-0.4, -0.2) is 29.2 Å². The number of piperidine rings is 1. The maximum Gasteiger partial charge on any atom is 0.222 e. The van der Waals surface area contributed by atoms with Crippen molar-refractivity contribution < 1.29 is 4.79 Å². The molecule has 0 N–H and O–H groups in total. The van der Waals surface area contributed by atoms with Gasteiger partial charge in [0.2, 0.25) is 5.91 Å². The van der Waals surface area contributed by atoms with Crippen LogP contribution in [0.15, 0.2) is 0 Å². The number of hydrogen-bond acceptors (Lipinski definition) is 1. The van der Waals surface area contributed by atoms with Gasteiger partial charge < -0.3 is 4.90 Å². The molecule has 0 saturated carbocycles. The fraction of sp³-hybridized carbons (Fsp3) is 0.923. The average Bonchev–Trinajstić information content (AvgIpc) is 2.26. The third-order valence-corrected chi connectivity index (χ3v) is 3.78. The standard InChI is InChI=1S/C13H24BrNO/c1-11(2)5-6-13(16)15-9-3-4-12(10-15)7-8-14/h11-12H,3-10H2,1-2H3. The first-order valence-corrected chi connectivity index (χ1v) is 7.59. The Hall–Kier alpha value is -0.0500. The molecule has 0 aromatic carbocycles. The van der Waals surface area contributed by atoms with Crippen molar-refractivity contribution >= 4 is 21.8 Å². The normalized spacial score (nSPS) is 21.5. The fourth-order valence-electron chi connectivity index (χ4n) is 2.25. The number of carbonyl (C=O) groups is 1. The van der Waals surface area contributed by atoms with E-state index in [2.05, 4.69) is 34.7 Å². The maximum atomic E-state index is 12.0. The monoisotopic (exact) mass is 289 g/mol. The predicted octanol–water partition coefficient (Wildman–Crippen LogP) is 3.45. The minimum absolute atomic E-state index is 0.368. The molecule has 0 aliphatic carbocycles. The molecule has 0 aromatic rings. The van der Waals surface area contributed by atoms with E-state index in [0.717, 1.165) is 37.2 Å². The van der Waals surface area contributed by atoms with Crippen LogP contribution in [0.25, 0.3) is 0 Å². The molecule has 1 aliphatic heterocycles. The summed E-state index contributed by atoms with van der Waals surface area (Å²) < 4.78 is 0. The number of alkyl halides is 1. The molecule has 1 unspecified atom stereocenters. The summed E-state index contributed by atoms with van der Waals surface area (Å²) in [4.78, 5) is 14.0. The Morgan fingerprint density at radius 3 is 2.88 bits per heavy atom. The van der Waals surface area contributed by atoms with E-state index in [0.29, 0.717) is 11.8 Å². The quantitative estimate of drug-likeness (QED) is 0.710. The molecule has 0 spiro atoms. The summed E-state index contributed by atoms with van der Waals surface area (Å²) in [6, 6.07) is 0. The van der Waals surface area contributed by atoms with Crippen molar-refractivity contribution in [2.75, 3.05) is 18.4 Å². The molecule has 1 amide bonds. The van der Waals surface area contributed by atoms with Crippen LogP contribution in [0.1, 0.15) is 46.0 Å². The smallest absolute Gasteiger partial charge is 0.222 e. The lowest BCUT2D eigenvalue weighted by molar-refractivity contribution is -0.133. The highest BCUT2D eigenvalue weighted by Crippen LogP contribution is 2.21. The molecule has 1 rings (SSSR count). The molecule has 1 fully saturated rings. The van der Waals surface area contributed by atoms with Gasteiger partial charge in [0.15, 0.2) is 0 Å². The number of likely N-dealkylation sites (tertiary alicyclic amines) is 1. The number of halogens is 1. The number of nitrogens with zero attached hydrogens (tertiary/aromatic N) is 1. The van der Waals surface area contributed by atoms with Crippen molar-refractivity contribution in [3.63, 3.8) is 0 Å². The van der Waals surface area contributed by atoms with E-state index in [1.807, 2.05) is 0 Å². The molecule has 3 heteroatoms. The lowest BCUT2D eigenvalue weighted by atomic mass is 9.95. The maximum absolute atomic E-state index is 12.0. The zero-order valence-electron chi connectivity index (χ0n) is 10.5. The van der Waals surface area contributed by atoms with Crippen molar-refractivity contribution in [3.05, 3.63) is 0 Å². The largest absolute Gasteiger partial charge is 0.342 e. The first kappa shape index (κ1) is 14.0. The first-order chi connectivity index (χ1) is 7.63. The van der Waals surface area contributed by atoms with Crippen molar-refractivity contribution in [1.82, 2.24) is 4.90 Å². The van der Waals surface area contributed by atoms with Gasteiger partial charge in [-0.2, -0.15) is 0 Å². The number of carbonyl (C=O) groups excluding carboxylic acids is 1. The van der Waals surface area contributed by atoms with Crippen LogP contribution in [0.3, 0.4) is 0 Å². The van der Waals surface area contributed by atoms with Gasteiger partial charge in [0.05, 0.1) is 0 Å². The Morgan fingerprint density at radius 2 is 2.25 bits per heavy atom. The SMILES string of the molecule is CC(C)CCC(=O)N1CCCC(CCBr)C1. The summed E-state index contributed by atoms with van der Waals surface area (Å²) in [5.74, 6) is 1.72. The van der Waals surface area contributed by atoms with Gasteiger partial charge in [-0.3, -0.25) is 4.79 Å². The highest BCUT2D eigenvalue weighted by atomic mass is 79.9. The van der Waals surface area contributed by atoms with Crippen LogP contribution >= 0.6 is 15.9 Å². The van der Waals surface area contributed by atoms with E-state index >= 15 is 0 Å². The molecule has 1 saturated heterocycles. The van der Waals surface area contributed by atoms with Gasteiger partial charge in [-0.15, -0.1) is 0 Å². The second-order valence-corrected chi connectivity index (χ2v) is 6.05. The summed E-state index contributed by atoms with van der Waals surface area (Å²) in [5, 5.41) is 1.06. The van der Waals surface area contributed by atoms with Gasteiger partial charge in [-0.05, 0) is 37.5 Å². The Bertz CT molecular complexity index is 216. The van der Waals surface area contributed by atoms with Crippen molar-refractivity contribution in [3.8, 4) is 0 Å². The molecule has 0 radical (unpaired) electrons. The summed E-state index contributed by atoms with van der Waals surface area (Å²) in [5.41, 5.74) is 0. The van der Waals surface area contributed by atoms with Gasteiger partial charge in [0, 0.05) is 24.8 Å². The molecular weight excluding hydrogens is 266 g/mol. The Kier molecular flexibility index (Phi) is 6.40. The van der Waals surface area contributed by atoms with Crippen LogP contribution < -0.4 is 0 Å². The van der Waals surface area contributed by atoms with E-state index < -0.39 is 0 Å². The van der Waals surface area contributed by atoms with E-state index in [1.165, 1.54) is 19.3 Å². The lowest BCUT2D eigenvalue weighted by Crippen LogP contribution is -2.40. The van der Waals surface area contributed by atoms with Crippen LogP contribution in [0.5, 0.6) is 0 Å². The highest BCUT2D eigenvalue weighted by molar-refractivity contribution is 9.09. The summed E-state index contributed by atoms with van der Waals surface area (Å²) in [6.45, 7) is 6.33. The van der Waals surface area contributed by atoms with E-state index in [4.69, 9.17) is 0 Å². The third kappa shape index (κ3) is 4.86. The molecule has 2 nitrogen and oxygen atoms in total. The Morgan fingerprint density at radius 1 is 1.50 bits per heavy atom. The van der Waals surface area contributed by atoms with Crippen molar-refractivity contribution in [2.24, 2.45) is 11.8 Å². The summed E-state index contributed by atoms with van der Waals surface area (Å²) in [7, 11) is 0. The number of amides is 1. The van der Waals surface area contributed by atoms with Crippen molar-refractivity contribution in [2.45, 2.75) is 46.0 Å². The topological polar surface area (TPSA) is 20.3 Å². The van der Waals surface area contributed by atoms with E-state index in [9.17, 15) is 4.79 Å². The molecule has 1 aliphatic rings. The van der Waals surface area contributed by atoms with Gasteiger partial charge in [-0.1, -0.05) is 29.8 Å². The van der Waals surface area contributed by atoms with Crippen LogP contribution in [-0.2, 0) is 4.79 Å². The van der Waals surface area contributed by atoms with Crippen LogP contribution in [0, 0.1) is 11.8 Å². The zero-order valence-corrected chi connectivity index (χ0v) is 12.1. The minimum atomic E-state index is 0.368. The van der Waals surface area contributed by atoms with E-state index in [1.54, 1.807) is 0 Å². The number of hydrogen-bond donors (Lipinski definition) is 0. The Labute approximate surface area is 108 Å². The fourth-order valence-corrected chi connectivity index (χ4v) is 2.90. The van der Waals surface area contributed by atoms with Gasteiger partial charge in [-0.25, -0.2) is 0 Å². The highest BCUT2D eigenvalue weighted by Gasteiger charge is 2.22. The molecule has 0 bridgehead atoms. The van der Waals surface area contributed by atoms with Crippen LogP contribution in [0.2, 0.25) is 0 Å². The molecule has 1 heterocycles. The number of rotatable bonds is 5. The second kappa shape index (κ2) is 7.31. The molecule has 94 valence electrons.